The first-order chi connectivity index (χ1) is 9.27. The highest BCUT2D eigenvalue weighted by Gasteiger charge is 2.28. The van der Waals surface area contributed by atoms with Gasteiger partial charge in [0.15, 0.2) is 0 Å². The molecule has 104 valence electrons. The average Bonchev–Trinajstić information content (AvgIpc) is 2.47. The third kappa shape index (κ3) is 3.12. The van der Waals surface area contributed by atoms with E-state index < -0.39 is 0 Å². The monoisotopic (exact) mass is 265 g/mol. The van der Waals surface area contributed by atoms with Gasteiger partial charge in [0.05, 0.1) is 32.5 Å². The number of morpholine rings is 1. The number of nitrogens with zero attached hydrogens (tertiary/aromatic N) is 1. The second kappa shape index (κ2) is 6.65. The lowest BCUT2D eigenvalue weighted by atomic mass is 10.1. The summed E-state index contributed by atoms with van der Waals surface area (Å²) in [5.41, 5.74) is 1.49. The number of amides is 1. The molecule has 1 amide bonds. The summed E-state index contributed by atoms with van der Waals surface area (Å²) < 4.78 is 10.4. The van der Waals surface area contributed by atoms with Gasteiger partial charge in [-0.2, -0.15) is 0 Å². The van der Waals surface area contributed by atoms with Crippen LogP contribution < -0.4 is 0 Å². The van der Waals surface area contributed by atoms with Gasteiger partial charge in [-0.25, -0.2) is 0 Å². The second-order valence-electron chi connectivity index (χ2n) is 4.50. The Kier molecular flexibility index (Phi) is 4.90. The number of ether oxygens (including phenoxy) is 2. The van der Waals surface area contributed by atoms with Crippen LogP contribution in [0.2, 0.25) is 0 Å². The molecule has 5 heteroatoms. The van der Waals surface area contributed by atoms with Gasteiger partial charge in [0, 0.05) is 19.2 Å². The Morgan fingerprint density at radius 1 is 1.53 bits per heavy atom. The fourth-order valence-electron chi connectivity index (χ4n) is 2.24. The normalized spacial score (nSPS) is 19.5. The average molecular weight is 265 g/mol. The summed E-state index contributed by atoms with van der Waals surface area (Å²) >= 11 is 0. The summed E-state index contributed by atoms with van der Waals surface area (Å²) in [5.74, 6) is -0.0741. The van der Waals surface area contributed by atoms with Crippen LogP contribution in [0.3, 0.4) is 0 Å². The smallest absolute Gasteiger partial charge is 0.254 e. The van der Waals surface area contributed by atoms with E-state index in [1.807, 2.05) is 18.2 Å². The molecule has 1 heterocycles. The fourth-order valence-corrected chi connectivity index (χ4v) is 2.24. The molecule has 1 N–H and O–H groups in total. The lowest BCUT2D eigenvalue weighted by Crippen LogP contribution is -2.50. The highest BCUT2D eigenvalue weighted by Crippen LogP contribution is 2.16. The van der Waals surface area contributed by atoms with Crippen LogP contribution >= 0.6 is 0 Å². The van der Waals surface area contributed by atoms with Crippen LogP contribution in [0.15, 0.2) is 24.3 Å². The molecule has 1 aromatic rings. The topological polar surface area (TPSA) is 59.0 Å². The van der Waals surface area contributed by atoms with Crippen molar-refractivity contribution in [2.45, 2.75) is 12.6 Å². The summed E-state index contributed by atoms with van der Waals surface area (Å²) in [5, 5.41) is 9.33. The number of hydrogen-bond donors (Lipinski definition) is 1. The van der Waals surface area contributed by atoms with E-state index in [1.54, 1.807) is 18.1 Å². The molecule has 0 radical (unpaired) electrons. The van der Waals surface area contributed by atoms with Gasteiger partial charge in [-0.3, -0.25) is 4.79 Å². The van der Waals surface area contributed by atoms with Crippen molar-refractivity contribution in [1.82, 2.24) is 4.90 Å². The lowest BCUT2D eigenvalue weighted by molar-refractivity contribution is -0.0185. The van der Waals surface area contributed by atoms with Crippen molar-refractivity contribution in [1.29, 1.82) is 0 Å². The van der Waals surface area contributed by atoms with Gasteiger partial charge in [0.2, 0.25) is 0 Å². The number of hydrogen-bond acceptors (Lipinski definition) is 4. The zero-order chi connectivity index (χ0) is 13.7. The number of rotatable bonds is 4. The largest absolute Gasteiger partial charge is 0.394 e. The molecule has 5 nitrogen and oxygen atoms in total. The van der Waals surface area contributed by atoms with Crippen LogP contribution in [-0.2, 0) is 16.1 Å². The Hall–Kier alpha value is -1.43. The first-order valence-corrected chi connectivity index (χ1v) is 6.34. The SMILES string of the molecule is COCc1ccccc1C(=O)N1CCOCC1CO. The standard InChI is InChI=1S/C14H19NO4/c1-18-9-11-4-2-3-5-13(11)14(17)15-6-7-19-10-12(15)8-16/h2-5,12,16H,6-10H2,1H3. The number of carbonyl (C=O) groups excluding carboxylic acids is 1. The maximum atomic E-state index is 12.6. The van der Waals surface area contributed by atoms with Crippen LogP contribution in [0.1, 0.15) is 15.9 Å². The number of carbonyl (C=O) groups is 1. The van der Waals surface area contributed by atoms with Gasteiger partial charge in [-0.1, -0.05) is 18.2 Å². The Labute approximate surface area is 112 Å². The molecule has 1 fully saturated rings. The van der Waals surface area contributed by atoms with Gasteiger partial charge >= 0.3 is 0 Å². The maximum absolute atomic E-state index is 12.6. The van der Waals surface area contributed by atoms with Crippen molar-refractivity contribution in [2.75, 3.05) is 33.5 Å². The summed E-state index contributed by atoms with van der Waals surface area (Å²) in [7, 11) is 1.60. The summed E-state index contributed by atoms with van der Waals surface area (Å²) in [6.07, 6.45) is 0. The van der Waals surface area contributed by atoms with Crippen molar-refractivity contribution in [3.63, 3.8) is 0 Å². The van der Waals surface area contributed by atoms with Gasteiger partial charge < -0.3 is 19.5 Å². The van der Waals surface area contributed by atoms with Crippen LogP contribution in [0, 0.1) is 0 Å². The van der Waals surface area contributed by atoms with Crippen molar-refractivity contribution >= 4 is 5.91 Å². The molecule has 1 aliphatic rings. The third-order valence-electron chi connectivity index (χ3n) is 3.25. The molecule has 1 atom stereocenters. The van der Waals surface area contributed by atoms with E-state index in [2.05, 4.69) is 0 Å². The first-order valence-electron chi connectivity index (χ1n) is 6.34. The van der Waals surface area contributed by atoms with E-state index >= 15 is 0 Å². The predicted molar refractivity (Wildman–Crippen MR) is 69.9 cm³/mol. The minimum Gasteiger partial charge on any atom is -0.394 e. The predicted octanol–water partition coefficient (Wildman–Crippen LogP) is 0.666. The van der Waals surface area contributed by atoms with Crippen LogP contribution in [0.25, 0.3) is 0 Å². The van der Waals surface area contributed by atoms with Crippen molar-refractivity contribution < 1.29 is 19.4 Å². The first kappa shape index (κ1) is 14.0. The minimum atomic E-state index is -0.267. The number of aliphatic hydroxyl groups is 1. The molecule has 0 spiro atoms. The molecule has 1 unspecified atom stereocenters. The number of aliphatic hydroxyl groups excluding tert-OH is 1. The zero-order valence-corrected chi connectivity index (χ0v) is 11.0. The van der Waals surface area contributed by atoms with Crippen LogP contribution in [-0.4, -0.2) is 55.4 Å². The van der Waals surface area contributed by atoms with Crippen molar-refractivity contribution in [3.05, 3.63) is 35.4 Å². The number of methoxy groups -OCH3 is 1. The zero-order valence-electron chi connectivity index (χ0n) is 11.0. The molecule has 0 aliphatic carbocycles. The van der Waals surface area contributed by atoms with Gasteiger partial charge in [0.1, 0.15) is 0 Å². The summed E-state index contributed by atoms with van der Waals surface area (Å²) in [4.78, 5) is 14.2. The second-order valence-corrected chi connectivity index (χ2v) is 4.50. The number of benzene rings is 1. The van der Waals surface area contributed by atoms with E-state index in [0.717, 1.165) is 5.56 Å². The molecular formula is C14H19NO4. The van der Waals surface area contributed by atoms with E-state index in [0.29, 0.717) is 31.9 Å². The van der Waals surface area contributed by atoms with Crippen molar-refractivity contribution in [2.24, 2.45) is 0 Å². The fraction of sp³-hybridized carbons (Fsp3) is 0.500. The summed E-state index contributed by atoms with van der Waals surface area (Å²) in [6.45, 7) is 1.71. The highest BCUT2D eigenvalue weighted by atomic mass is 16.5. The van der Waals surface area contributed by atoms with Crippen molar-refractivity contribution in [3.8, 4) is 0 Å². The molecule has 1 saturated heterocycles. The van der Waals surface area contributed by atoms with E-state index in [-0.39, 0.29) is 18.6 Å². The Morgan fingerprint density at radius 2 is 2.32 bits per heavy atom. The minimum absolute atomic E-state index is 0.0741. The van der Waals surface area contributed by atoms with E-state index in [4.69, 9.17) is 9.47 Å². The molecule has 0 bridgehead atoms. The maximum Gasteiger partial charge on any atom is 0.254 e. The Bertz CT molecular complexity index is 435. The Balaban J connectivity index is 2.22. The molecule has 2 rings (SSSR count). The molecule has 1 aliphatic heterocycles. The Morgan fingerprint density at radius 3 is 3.05 bits per heavy atom. The lowest BCUT2D eigenvalue weighted by Gasteiger charge is -2.34. The van der Waals surface area contributed by atoms with Crippen LogP contribution in [0.5, 0.6) is 0 Å². The molecule has 1 aromatic carbocycles. The van der Waals surface area contributed by atoms with Gasteiger partial charge in [-0.15, -0.1) is 0 Å². The van der Waals surface area contributed by atoms with Gasteiger partial charge in [0.25, 0.3) is 5.91 Å². The summed E-state index contributed by atoms with van der Waals surface area (Å²) in [6, 6.07) is 7.12. The third-order valence-corrected chi connectivity index (χ3v) is 3.25. The van der Waals surface area contributed by atoms with Gasteiger partial charge in [-0.05, 0) is 11.6 Å². The molecule has 19 heavy (non-hydrogen) atoms. The highest BCUT2D eigenvalue weighted by molar-refractivity contribution is 5.96. The quantitative estimate of drug-likeness (QED) is 0.869. The molecule has 0 aromatic heterocycles. The molecular weight excluding hydrogens is 246 g/mol. The molecule has 0 saturated carbocycles. The van der Waals surface area contributed by atoms with Crippen LogP contribution in [0.4, 0.5) is 0 Å². The van der Waals surface area contributed by atoms with E-state index in [1.165, 1.54) is 0 Å². The van der Waals surface area contributed by atoms with E-state index in [9.17, 15) is 9.90 Å².